The number of nitrogens with two attached hydrogens (primary N) is 1. The fourth-order valence-electron chi connectivity index (χ4n) is 2.47. The van der Waals surface area contributed by atoms with Gasteiger partial charge in [-0.1, -0.05) is 26.8 Å². The monoisotopic (exact) mass is 274 g/mol. The zero-order chi connectivity index (χ0) is 14.9. The van der Waals surface area contributed by atoms with Crippen LogP contribution in [0, 0.1) is 0 Å². The minimum absolute atomic E-state index is 0.0179. The molecule has 1 aromatic carbocycles. The van der Waals surface area contributed by atoms with E-state index in [9.17, 15) is 4.79 Å². The van der Waals surface area contributed by atoms with Crippen LogP contribution in [0.2, 0.25) is 0 Å². The largest absolute Gasteiger partial charge is 0.480 e. The molecular formula is C16H22N2O2. The van der Waals surface area contributed by atoms with E-state index in [1.54, 1.807) is 4.57 Å². The predicted octanol–water partition coefficient (Wildman–Crippen LogP) is 2.52. The van der Waals surface area contributed by atoms with Crippen molar-refractivity contribution in [2.45, 2.75) is 39.2 Å². The molecular weight excluding hydrogens is 252 g/mol. The summed E-state index contributed by atoms with van der Waals surface area (Å²) in [6.07, 6.45) is 2.68. The minimum Gasteiger partial charge on any atom is -0.480 e. The lowest BCUT2D eigenvalue weighted by atomic mass is 9.86. The highest BCUT2D eigenvalue weighted by atomic mass is 16.4. The van der Waals surface area contributed by atoms with Gasteiger partial charge in [0.1, 0.15) is 6.54 Å². The fourth-order valence-corrected chi connectivity index (χ4v) is 2.47. The van der Waals surface area contributed by atoms with Crippen molar-refractivity contribution in [3.8, 4) is 0 Å². The van der Waals surface area contributed by atoms with E-state index in [2.05, 4.69) is 32.9 Å². The van der Waals surface area contributed by atoms with Crippen LogP contribution in [-0.4, -0.2) is 22.2 Å². The van der Waals surface area contributed by atoms with Crippen molar-refractivity contribution in [3.05, 3.63) is 35.5 Å². The number of hydrogen-bond donors (Lipinski definition) is 2. The van der Waals surface area contributed by atoms with Gasteiger partial charge in [0, 0.05) is 17.1 Å². The summed E-state index contributed by atoms with van der Waals surface area (Å²) in [4.78, 5) is 11.0. The van der Waals surface area contributed by atoms with Crippen LogP contribution < -0.4 is 5.73 Å². The highest BCUT2D eigenvalue weighted by molar-refractivity contribution is 5.86. The number of carboxylic acid groups (broad SMARTS) is 1. The molecule has 2 aromatic rings. The Balaban J connectivity index is 2.60. The molecule has 0 saturated heterocycles. The molecule has 0 radical (unpaired) electrons. The Kier molecular flexibility index (Phi) is 3.86. The molecule has 0 amide bonds. The smallest absolute Gasteiger partial charge is 0.323 e. The first kappa shape index (κ1) is 14.6. The average Bonchev–Trinajstić information content (AvgIpc) is 2.66. The predicted molar refractivity (Wildman–Crippen MR) is 81.0 cm³/mol. The van der Waals surface area contributed by atoms with E-state index in [1.807, 2.05) is 12.3 Å². The van der Waals surface area contributed by atoms with E-state index >= 15 is 0 Å². The molecule has 4 nitrogen and oxygen atoms in total. The van der Waals surface area contributed by atoms with Gasteiger partial charge in [0.2, 0.25) is 0 Å². The molecule has 0 saturated carbocycles. The quantitative estimate of drug-likeness (QED) is 0.900. The number of carbonyl (C=O) groups is 1. The first-order chi connectivity index (χ1) is 9.32. The zero-order valence-corrected chi connectivity index (χ0v) is 12.3. The topological polar surface area (TPSA) is 68.2 Å². The number of aromatic nitrogens is 1. The molecule has 0 aliphatic carbocycles. The third-order valence-electron chi connectivity index (χ3n) is 3.55. The molecule has 0 aliphatic heterocycles. The normalized spacial score (nSPS) is 12.0. The van der Waals surface area contributed by atoms with E-state index in [4.69, 9.17) is 10.8 Å². The van der Waals surface area contributed by atoms with Crippen LogP contribution in [-0.2, 0) is 23.2 Å². The zero-order valence-electron chi connectivity index (χ0n) is 12.3. The van der Waals surface area contributed by atoms with Gasteiger partial charge in [-0.3, -0.25) is 4.79 Å². The first-order valence-corrected chi connectivity index (χ1v) is 6.87. The second kappa shape index (κ2) is 5.29. The molecule has 20 heavy (non-hydrogen) atoms. The van der Waals surface area contributed by atoms with Gasteiger partial charge < -0.3 is 15.4 Å². The number of fused-ring (bicyclic) bond motifs is 1. The van der Waals surface area contributed by atoms with Crippen molar-refractivity contribution in [1.29, 1.82) is 0 Å². The van der Waals surface area contributed by atoms with Crippen LogP contribution in [0.25, 0.3) is 10.9 Å². The summed E-state index contributed by atoms with van der Waals surface area (Å²) in [5.74, 6) is -0.832. The van der Waals surface area contributed by atoms with E-state index in [0.717, 1.165) is 22.9 Å². The van der Waals surface area contributed by atoms with Gasteiger partial charge in [0.15, 0.2) is 0 Å². The Morgan fingerprint density at radius 1 is 1.35 bits per heavy atom. The number of benzene rings is 1. The van der Waals surface area contributed by atoms with Crippen LogP contribution in [0.4, 0.5) is 0 Å². The van der Waals surface area contributed by atoms with Gasteiger partial charge in [0.05, 0.1) is 0 Å². The molecule has 108 valence electrons. The third-order valence-corrected chi connectivity index (χ3v) is 3.55. The van der Waals surface area contributed by atoms with E-state index < -0.39 is 5.97 Å². The standard InChI is InChI=1S/C16H22N2O2/c1-16(2,3)12-4-5-14-13(8-12)11(6-7-17)9-18(14)10-15(19)20/h4-5,8-9H,6-7,10,17H2,1-3H3,(H,19,20). The number of aliphatic carboxylic acids is 1. The summed E-state index contributed by atoms with van der Waals surface area (Å²) in [7, 11) is 0. The first-order valence-electron chi connectivity index (χ1n) is 6.87. The van der Waals surface area contributed by atoms with Gasteiger partial charge >= 0.3 is 5.97 Å². The summed E-state index contributed by atoms with van der Waals surface area (Å²) < 4.78 is 1.79. The van der Waals surface area contributed by atoms with Gasteiger partial charge in [0.25, 0.3) is 0 Å². The molecule has 3 N–H and O–H groups in total. The Bertz CT molecular complexity index is 636. The summed E-state index contributed by atoms with van der Waals surface area (Å²) >= 11 is 0. The van der Waals surface area contributed by atoms with E-state index in [-0.39, 0.29) is 12.0 Å². The summed E-state index contributed by atoms with van der Waals surface area (Å²) in [6.45, 7) is 7.06. The Morgan fingerprint density at radius 3 is 2.60 bits per heavy atom. The van der Waals surface area contributed by atoms with Crippen LogP contribution in [0.15, 0.2) is 24.4 Å². The lowest BCUT2D eigenvalue weighted by Gasteiger charge is -2.19. The van der Waals surface area contributed by atoms with Crippen molar-refractivity contribution < 1.29 is 9.90 Å². The van der Waals surface area contributed by atoms with Crippen LogP contribution in [0.5, 0.6) is 0 Å². The molecule has 2 rings (SSSR count). The van der Waals surface area contributed by atoms with E-state index in [1.165, 1.54) is 5.56 Å². The molecule has 0 fully saturated rings. The number of nitrogens with zero attached hydrogens (tertiary/aromatic N) is 1. The number of carboxylic acids is 1. The van der Waals surface area contributed by atoms with Gasteiger partial charge in [-0.05, 0) is 41.6 Å². The molecule has 0 atom stereocenters. The average molecular weight is 274 g/mol. The molecule has 0 unspecified atom stereocenters. The maximum absolute atomic E-state index is 11.0. The lowest BCUT2D eigenvalue weighted by molar-refractivity contribution is -0.137. The van der Waals surface area contributed by atoms with Crippen molar-refractivity contribution in [2.75, 3.05) is 6.54 Å². The highest BCUT2D eigenvalue weighted by Gasteiger charge is 2.17. The van der Waals surface area contributed by atoms with Crippen LogP contribution >= 0.6 is 0 Å². The Labute approximate surface area is 119 Å². The molecule has 0 bridgehead atoms. The van der Waals surface area contributed by atoms with Crippen molar-refractivity contribution >= 4 is 16.9 Å². The molecule has 1 aromatic heterocycles. The second-order valence-corrected chi connectivity index (χ2v) is 6.20. The lowest BCUT2D eigenvalue weighted by Crippen LogP contribution is -2.11. The SMILES string of the molecule is CC(C)(C)c1ccc2c(c1)c(CCN)cn2CC(=O)O. The van der Waals surface area contributed by atoms with Crippen molar-refractivity contribution in [1.82, 2.24) is 4.57 Å². The van der Waals surface area contributed by atoms with Crippen molar-refractivity contribution in [2.24, 2.45) is 5.73 Å². The molecule has 4 heteroatoms. The van der Waals surface area contributed by atoms with Crippen molar-refractivity contribution in [3.63, 3.8) is 0 Å². The fraction of sp³-hybridized carbons (Fsp3) is 0.438. The maximum Gasteiger partial charge on any atom is 0.323 e. The Hall–Kier alpha value is -1.81. The second-order valence-electron chi connectivity index (χ2n) is 6.20. The molecule has 0 spiro atoms. The maximum atomic E-state index is 11.0. The van der Waals surface area contributed by atoms with Gasteiger partial charge in [-0.15, -0.1) is 0 Å². The minimum atomic E-state index is -0.832. The summed E-state index contributed by atoms with van der Waals surface area (Å²) in [5.41, 5.74) is 9.06. The van der Waals surface area contributed by atoms with Gasteiger partial charge in [-0.2, -0.15) is 0 Å². The Morgan fingerprint density at radius 2 is 2.05 bits per heavy atom. The van der Waals surface area contributed by atoms with Gasteiger partial charge in [-0.25, -0.2) is 0 Å². The van der Waals surface area contributed by atoms with E-state index in [0.29, 0.717) is 6.54 Å². The molecule has 1 heterocycles. The van der Waals surface area contributed by atoms with Crippen LogP contribution in [0.1, 0.15) is 31.9 Å². The number of rotatable bonds is 4. The summed E-state index contributed by atoms with van der Waals surface area (Å²) in [5, 5.41) is 10.1. The number of hydrogen-bond acceptors (Lipinski definition) is 2. The molecule has 0 aliphatic rings. The van der Waals surface area contributed by atoms with Crippen LogP contribution in [0.3, 0.4) is 0 Å². The highest BCUT2D eigenvalue weighted by Crippen LogP contribution is 2.29. The summed E-state index contributed by atoms with van der Waals surface area (Å²) in [6, 6.07) is 6.25. The third kappa shape index (κ3) is 2.85.